The first-order valence-electron chi connectivity index (χ1n) is 5.13. The number of nitrogens with zero attached hydrogens (tertiary/aromatic N) is 1. The van der Waals surface area contributed by atoms with Crippen molar-refractivity contribution >= 4 is 21.8 Å². The van der Waals surface area contributed by atoms with Gasteiger partial charge in [-0.25, -0.2) is 5.01 Å². The largest absolute Gasteiger partial charge is 0.395 e. The normalized spacial score (nSPS) is 21.1. The summed E-state index contributed by atoms with van der Waals surface area (Å²) in [4.78, 5) is 11.3. The summed E-state index contributed by atoms with van der Waals surface area (Å²) in [6, 6.07) is 7.90. The Balaban J connectivity index is 2.18. The number of carbonyl (C=O) groups excluding carboxylic acids is 1. The molecule has 86 valence electrons. The quantitative estimate of drug-likeness (QED) is 0.878. The molecular formula is C11H13BrN2O2. The van der Waals surface area contributed by atoms with Crippen LogP contribution in [0.5, 0.6) is 0 Å². The Morgan fingerprint density at radius 2 is 2.12 bits per heavy atom. The number of rotatable bonds is 3. The van der Waals surface area contributed by atoms with Crippen LogP contribution < -0.4 is 5.43 Å². The highest BCUT2D eigenvalue weighted by atomic mass is 79.9. The monoisotopic (exact) mass is 284 g/mol. The molecule has 0 bridgehead atoms. The molecule has 2 N–H and O–H groups in total. The predicted molar refractivity (Wildman–Crippen MR) is 63.4 cm³/mol. The van der Waals surface area contributed by atoms with E-state index in [1.165, 1.54) is 0 Å². The number of hydrazine groups is 1. The maximum Gasteiger partial charge on any atom is 0.236 e. The number of β-amino-alcohol motifs (C(OH)–C–C–N with tert-alkyl or cyclic N) is 1. The number of aliphatic hydroxyl groups excluding tert-OH is 1. The molecule has 16 heavy (non-hydrogen) atoms. The molecule has 1 aliphatic heterocycles. The Bertz CT molecular complexity index is 380. The average Bonchev–Trinajstić information content (AvgIpc) is 2.61. The van der Waals surface area contributed by atoms with Gasteiger partial charge in [-0.3, -0.25) is 10.2 Å². The molecule has 0 aromatic heterocycles. The standard InChI is InChI=1S/C11H13BrN2O2/c12-9-3-1-8(2-4-9)10-7-11(16)13-14(10)5-6-15/h1-4,10,15H,5-7H2,(H,13,16). The number of benzene rings is 1. The third kappa shape index (κ3) is 2.42. The second-order valence-electron chi connectivity index (χ2n) is 3.72. The number of hydrogen-bond acceptors (Lipinski definition) is 3. The molecule has 1 unspecified atom stereocenters. The fourth-order valence-corrected chi connectivity index (χ4v) is 2.14. The Kier molecular flexibility index (Phi) is 3.58. The van der Waals surface area contributed by atoms with Gasteiger partial charge in [0.25, 0.3) is 0 Å². The van der Waals surface area contributed by atoms with Gasteiger partial charge in [0.2, 0.25) is 5.91 Å². The molecule has 1 fully saturated rings. The molecule has 2 rings (SSSR count). The SMILES string of the molecule is O=C1CC(c2ccc(Br)cc2)N(CCO)N1. The first-order chi connectivity index (χ1) is 7.70. The summed E-state index contributed by atoms with van der Waals surface area (Å²) in [5.41, 5.74) is 3.82. The van der Waals surface area contributed by atoms with Crippen LogP contribution in [0, 0.1) is 0 Å². The van der Waals surface area contributed by atoms with E-state index in [1.807, 2.05) is 24.3 Å². The summed E-state index contributed by atoms with van der Waals surface area (Å²) < 4.78 is 1.02. The van der Waals surface area contributed by atoms with Gasteiger partial charge in [-0.05, 0) is 17.7 Å². The summed E-state index contributed by atoms with van der Waals surface area (Å²) >= 11 is 3.38. The van der Waals surface area contributed by atoms with Gasteiger partial charge in [0, 0.05) is 17.4 Å². The Labute approximate surface area is 102 Å². The van der Waals surface area contributed by atoms with Crippen LogP contribution in [0.25, 0.3) is 0 Å². The minimum atomic E-state index is 0.00127. The third-order valence-corrected chi connectivity index (χ3v) is 3.15. The maximum atomic E-state index is 11.3. The van der Waals surface area contributed by atoms with Crippen LogP contribution in [-0.2, 0) is 4.79 Å². The van der Waals surface area contributed by atoms with Crippen molar-refractivity contribution in [1.29, 1.82) is 0 Å². The number of nitrogens with one attached hydrogen (secondary N) is 1. The van der Waals surface area contributed by atoms with E-state index in [0.717, 1.165) is 10.0 Å². The highest BCUT2D eigenvalue weighted by Crippen LogP contribution is 2.27. The van der Waals surface area contributed by atoms with E-state index in [-0.39, 0.29) is 18.6 Å². The van der Waals surface area contributed by atoms with E-state index in [2.05, 4.69) is 21.4 Å². The van der Waals surface area contributed by atoms with Crippen LogP contribution in [0.4, 0.5) is 0 Å². The molecule has 1 amide bonds. The molecule has 1 heterocycles. The number of hydrogen-bond donors (Lipinski definition) is 2. The average molecular weight is 285 g/mol. The molecule has 0 radical (unpaired) electrons. The van der Waals surface area contributed by atoms with Crippen molar-refractivity contribution in [2.24, 2.45) is 0 Å². The predicted octanol–water partition coefficient (Wildman–Crippen LogP) is 1.22. The molecule has 1 saturated heterocycles. The fourth-order valence-electron chi connectivity index (χ4n) is 1.87. The van der Waals surface area contributed by atoms with Crippen LogP contribution in [0.15, 0.2) is 28.7 Å². The first kappa shape index (κ1) is 11.6. The van der Waals surface area contributed by atoms with Gasteiger partial charge in [0.15, 0.2) is 0 Å². The summed E-state index contributed by atoms with van der Waals surface area (Å²) in [7, 11) is 0. The van der Waals surface area contributed by atoms with E-state index in [4.69, 9.17) is 5.11 Å². The third-order valence-electron chi connectivity index (χ3n) is 2.62. The summed E-state index contributed by atoms with van der Waals surface area (Å²) in [6.07, 6.45) is 0.446. The fraction of sp³-hybridized carbons (Fsp3) is 0.364. The van der Waals surface area contributed by atoms with Gasteiger partial charge in [-0.1, -0.05) is 28.1 Å². The van der Waals surface area contributed by atoms with Gasteiger partial charge in [0.05, 0.1) is 12.6 Å². The summed E-state index contributed by atoms with van der Waals surface area (Å²) in [5, 5.41) is 10.7. The minimum Gasteiger partial charge on any atom is -0.395 e. The second-order valence-corrected chi connectivity index (χ2v) is 4.64. The molecule has 0 saturated carbocycles. The smallest absolute Gasteiger partial charge is 0.236 e. The highest BCUT2D eigenvalue weighted by molar-refractivity contribution is 9.10. The lowest BCUT2D eigenvalue weighted by molar-refractivity contribution is -0.121. The van der Waals surface area contributed by atoms with Crippen molar-refractivity contribution in [3.63, 3.8) is 0 Å². The Hall–Kier alpha value is -0.910. The summed E-state index contributed by atoms with van der Waals surface area (Å²) in [6.45, 7) is 0.486. The molecule has 1 aromatic carbocycles. The molecule has 0 spiro atoms. The van der Waals surface area contributed by atoms with Gasteiger partial charge in [-0.2, -0.15) is 0 Å². The van der Waals surface area contributed by atoms with Crippen molar-refractivity contribution in [1.82, 2.24) is 10.4 Å². The highest BCUT2D eigenvalue weighted by Gasteiger charge is 2.30. The first-order valence-corrected chi connectivity index (χ1v) is 5.92. The van der Waals surface area contributed by atoms with Crippen molar-refractivity contribution in [3.05, 3.63) is 34.3 Å². The number of amides is 1. The van der Waals surface area contributed by atoms with Crippen LogP contribution >= 0.6 is 15.9 Å². The maximum absolute atomic E-state index is 11.3. The second kappa shape index (κ2) is 4.95. The molecule has 1 aromatic rings. The minimum absolute atomic E-state index is 0.00127. The van der Waals surface area contributed by atoms with Crippen LogP contribution in [-0.4, -0.2) is 29.2 Å². The van der Waals surface area contributed by atoms with Crippen molar-refractivity contribution in [3.8, 4) is 0 Å². The lowest BCUT2D eigenvalue weighted by Gasteiger charge is -2.22. The lowest BCUT2D eigenvalue weighted by Crippen LogP contribution is -2.36. The van der Waals surface area contributed by atoms with E-state index >= 15 is 0 Å². The Morgan fingerprint density at radius 3 is 2.75 bits per heavy atom. The van der Waals surface area contributed by atoms with E-state index in [0.29, 0.717) is 13.0 Å². The van der Waals surface area contributed by atoms with Crippen LogP contribution in [0.3, 0.4) is 0 Å². The van der Waals surface area contributed by atoms with Crippen LogP contribution in [0.2, 0.25) is 0 Å². The van der Waals surface area contributed by atoms with Crippen LogP contribution in [0.1, 0.15) is 18.0 Å². The Morgan fingerprint density at radius 1 is 1.44 bits per heavy atom. The van der Waals surface area contributed by atoms with Gasteiger partial charge in [0.1, 0.15) is 0 Å². The molecule has 4 nitrogen and oxygen atoms in total. The lowest BCUT2D eigenvalue weighted by atomic mass is 10.0. The molecule has 5 heteroatoms. The van der Waals surface area contributed by atoms with Crippen molar-refractivity contribution in [2.45, 2.75) is 12.5 Å². The number of aliphatic hydroxyl groups is 1. The molecule has 1 aliphatic rings. The van der Waals surface area contributed by atoms with Gasteiger partial charge < -0.3 is 5.11 Å². The molecular weight excluding hydrogens is 272 g/mol. The molecule has 0 aliphatic carbocycles. The van der Waals surface area contributed by atoms with Crippen molar-refractivity contribution < 1.29 is 9.90 Å². The van der Waals surface area contributed by atoms with Gasteiger partial charge >= 0.3 is 0 Å². The number of carbonyl (C=O) groups is 1. The van der Waals surface area contributed by atoms with Gasteiger partial charge in [-0.15, -0.1) is 0 Å². The zero-order valence-corrected chi connectivity index (χ0v) is 10.3. The zero-order chi connectivity index (χ0) is 11.5. The zero-order valence-electron chi connectivity index (χ0n) is 8.69. The van der Waals surface area contributed by atoms with E-state index < -0.39 is 0 Å². The summed E-state index contributed by atoms with van der Waals surface area (Å²) in [5.74, 6) is 0.00127. The van der Waals surface area contributed by atoms with E-state index in [9.17, 15) is 4.79 Å². The van der Waals surface area contributed by atoms with Crippen molar-refractivity contribution in [2.75, 3.05) is 13.2 Å². The number of halogens is 1. The molecule has 1 atom stereocenters. The van der Waals surface area contributed by atoms with E-state index in [1.54, 1.807) is 5.01 Å². The topological polar surface area (TPSA) is 52.6 Å².